The summed E-state index contributed by atoms with van der Waals surface area (Å²) >= 11 is 0. The van der Waals surface area contributed by atoms with Crippen molar-refractivity contribution in [3.63, 3.8) is 0 Å². The fraction of sp³-hybridized carbons (Fsp3) is 0.200. The standard InChI is InChI=1S/C25H23NO4/c1-3-17-13-25(28)30-23-14-21(10-11-22(17)23)29-15-24(27)26-16(2)19-9-8-18-6-4-5-7-20(18)12-19/h4-14,16H,3,15H2,1-2H3,(H,26,27). The minimum Gasteiger partial charge on any atom is -0.484 e. The van der Waals surface area contributed by atoms with Gasteiger partial charge in [-0.15, -0.1) is 0 Å². The van der Waals surface area contributed by atoms with Gasteiger partial charge in [0.2, 0.25) is 0 Å². The smallest absolute Gasteiger partial charge is 0.336 e. The van der Waals surface area contributed by atoms with Crippen LogP contribution >= 0.6 is 0 Å². The largest absolute Gasteiger partial charge is 0.484 e. The number of carbonyl (C=O) groups is 1. The molecule has 0 aliphatic carbocycles. The zero-order valence-electron chi connectivity index (χ0n) is 17.0. The number of rotatable bonds is 6. The lowest BCUT2D eigenvalue weighted by atomic mass is 10.0. The van der Waals surface area contributed by atoms with E-state index in [4.69, 9.17) is 9.15 Å². The molecule has 5 nitrogen and oxygen atoms in total. The van der Waals surface area contributed by atoms with Crippen LogP contribution in [0.4, 0.5) is 0 Å². The fourth-order valence-corrected chi connectivity index (χ4v) is 3.59. The van der Waals surface area contributed by atoms with E-state index in [0.29, 0.717) is 11.3 Å². The van der Waals surface area contributed by atoms with E-state index in [-0.39, 0.29) is 18.6 Å². The van der Waals surface area contributed by atoms with E-state index in [9.17, 15) is 9.59 Å². The number of carbonyl (C=O) groups excluding carboxylic acids is 1. The molecule has 1 unspecified atom stereocenters. The van der Waals surface area contributed by atoms with E-state index in [1.54, 1.807) is 12.1 Å². The van der Waals surface area contributed by atoms with Crippen molar-refractivity contribution in [2.45, 2.75) is 26.3 Å². The molecule has 0 bridgehead atoms. The Hall–Kier alpha value is -3.60. The monoisotopic (exact) mass is 401 g/mol. The minimum absolute atomic E-state index is 0.124. The number of ether oxygens (including phenoxy) is 1. The molecule has 152 valence electrons. The number of amides is 1. The predicted molar refractivity (Wildman–Crippen MR) is 118 cm³/mol. The third-order valence-electron chi connectivity index (χ3n) is 5.20. The Kier molecular flexibility index (Phi) is 5.53. The Morgan fingerprint density at radius 3 is 2.63 bits per heavy atom. The van der Waals surface area contributed by atoms with Gasteiger partial charge >= 0.3 is 5.63 Å². The lowest BCUT2D eigenvalue weighted by molar-refractivity contribution is -0.123. The normalized spacial score (nSPS) is 12.1. The van der Waals surface area contributed by atoms with Gasteiger partial charge in [0.05, 0.1) is 6.04 Å². The average Bonchev–Trinajstić information content (AvgIpc) is 2.76. The Balaban J connectivity index is 1.42. The predicted octanol–water partition coefficient (Wildman–Crippen LogP) is 4.76. The first kappa shape index (κ1) is 19.7. The van der Waals surface area contributed by atoms with E-state index < -0.39 is 5.63 Å². The van der Waals surface area contributed by atoms with Crippen molar-refractivity contribution in [1.29, 1.82) is 0 Å². The van der Waals surface area contributed by atoms with Gasteiger partial charge in [-0.2, -0.15) is 0 Å². The third kappa shape index (κ3) is 4.20. The van der Waals surface area contributed by atoms with Crippen LogP contribution in [0.3, 0.4) is 0 Å². The Morgan fingerprint density at radius 1 is 1.03 bits per heavy atom. The molecule has 1 N–H and O–H groups in total. The second kappa shape index (κ2) is 8.41. The molecule has 1 amide bonds. The summed E-state index contributed by atoms with van der Waals surface area (Å²) in [6.45, 7) is 3.81. The van der Waals surface area contributed by atoms with Gasteiger partial charge in [-0.25, -0.2) is 4.79 Å². The summed E-state index contributed by atoms with van der Waals surface area (Å²) in [5.74, 6) is 0.256. The zero-order chi connectivity index (χ0) is 21.1. The maximum absolute atomic E-state index is 12.4. The Bertz CT molecular complexity index is 1280. The summed E-state index contributed by atoms with van der Waals surface area (Å²) < 4.78 is 10.9. The van der Waals surface area contributed by atoms with Crippen molar-refractivity contribution in [2.75, 3.05) is 6.61 Å². The maximum Gasteiger partial charge on any atom is 0.336 e. The quantitative estimate of drug-likeness (QED) is 0.473. The number of nitrogens with one attached hydrogen (secondary N) is 1. The van der Waals surface area contributed by atoms with Gasteiger partial charge in [0.25, 0.3) is 5.91 Å². The first-order valence-corrected chi connectivity index (χ1v) is 10.0. The SMILES string of the molecule is CCc1cc(=O)oc2cc(OCC(=O)NC(C)c3ccc4ccccc4c3)ccc12. The van der Waals surface area contributed by atoms with Gasteiger partial charge in [0, 0.05) is 17.5 Å². The van der Waals surface area contributed by atoms with Crippen molar-refractivity contribution >= 4 is 27.6 Å². The molecule has 5 heteroatoms. The summed E-state index contributed by atoms with van der Waals surface area (Å²) in [6.07, 6.45) is 0.734. The summed E-state index contributed by atoms with van der Waals surface area (Å²) in [6, 6.07) is 20.9. The highest BCUT2D eigenvalue weighted by atomic mass is 16.5. The number of hydrogen-bond acceptors (Lipinski definition) is 4. The lowest BCUT2D eigenvalue weighted by Gasteiger charge is -2.15. The average molecular weight is 401 g/mol. The van der Waals surface area contributed by atoms with Crippen molar-refractivity contribution < 1.29 is 13.9 Å². The van der Waals surface area contributed by atoms with Crippen LogP contribution < -0.4 is 15.7 Å². The number of benzene rings is 3. The minimum atomic E-state index is -0.390. The van der Waals surface area contributed by atoms with Crippen molar-refractivity contribution in [3.8, 4) is 5.75 Å². The molecule has 1 aromatic heterocycles. The number of hydrogen-bond donors (Lipinski definition) is 1. The van der Waals surface area contributed by atoms with Crippen molar-refractivity contribution in [1.82, 2.24) is 5.32 Å². The summed E-state index contributed by atoms with van der Waals surface area (Å²) in [5.41, 5.74) is 2.02. The molecule has 0 saturated heterocycles. The fourth-order valence-electron chi connectivity index (χ4n) is 3.59. The molecule has 4 rings (SSSR count). The molecule has 0 radical (unpaired) electrons. The first-order chi connectivity index (χ1) is 14.5. The molecule has 0 spiro atoms. The molecule has 0 aliphatic rings. The topological polar surface area (TPSA) is 68.5 Å². The van der Waals surface area contributed by atoms with Crippen LogP contribution in [-0.2, 0) is 11.2 Å². The van der Waals surface area contributed by atoms with Gasteiger partial charge < -0.3 is 14.5 Å². The molecule has 4 aromatic rings. The molecular weight excluding hydrogens is 378 g/mol. The number of aryl methyl sites for hydroxylation is 1. The maximum atomic E-state index is 12.4. The van der Waals surface area contributed by atoms with Crippen LogP contribution in [0, 0.1) is 0 Å². The van der Waals surface area contributed by atoms with Crippen LogP contribution in [-0.4, -0.2) is 12.5 Å². The Labute approximate surface area is 174 Å². The van der Waals surface area contributed by atoms with Gasteiger partial charge in [-0.05, 0) is 53.4 Å². The lowest BCUT2D eigenvalue weighted by Crippen LogP contribution is -2.31. The molecule has 1 atom stereocenters. The summed E-state index contributed by atoms with van der Waals surface area (Å²) in [5, 5.41) is 6.13. The summed E-state index contributed by atoms with van der Waals surface area (Å²) in [4.78, 5) is 24.1. The molecule has 1 heterocycles. The molecule has 0 aliphatic heterocycles. The van der Waals surface area contributed by atoms with E-state index in [1.165, 1.54) is 6.07 Å². The van der Waals surface area contributed by atoms with Gasteiger partial charge in [0.15, 0.2) is 6.61 Å². The second-order valence-electron chi connectivity index (χ2n) is 7.29. The number of fused-ring (bicyclic) bond motifs is 2. The van der Waals surface area contributed by atoms with E-state index >= 15 is 0 Å². The highest BCUT2D eigenvalue weighted by Gasteiger charge is 2.12. The third-order valence-corrected chi connectivity index (χ3v) is 5.20. The van der Waals surface area contributed by atoms with Gasteiger partial charge in [-0.3, -0.25) is 4.79 Å². The highest BCUT2D eigenvalue weighted by Crippen LogP contribution is 2.23. The van der Waals surface area contributed by atoms with Crippen LogP contribution in [0.25, 0.3) is 21.7 Å². The van der Waals surface area contributed by atoms with Crippen LogP contribution in [0.5, 0.6) is 5.75 Å². The first-order valence-electron chi connectivity index (χ1n) is 10.0. The van der Waals surface area contributed by atoms with E-state index in [1.807, 2.05) is 38.1 Å². The van der Waals surface area contributed by atoms with Crippen molar-refractivity contribution in [3.05, 3.63) is 88.3 Å². The second-order valence-corrected chi connectivity index (χ2v) is 7.29. The molecule has 3 aromatic carbocycles. The van der Waals surface area contributed by atoms with Gasteiger partial charge in [0.1, 0.15) is 11.3 Å². The zero-order valence-corrected chi connectivity index (χ0v) is 17.0. The van der Waals surface area contributed by atoms with Crippen LogP contribution in [0.1, 0.15) is 31.0 Å². The molecule has 30 heavy (non-hydrogen) atoms. The molecule has 0 saturated carbocycles. The van der Waals surface area contributed by atoms with Crippen LogP contribution in [0.2, 0.25) is 0 Å². The van der Waals surface area contributed by atoms with Gasteiger partial charge in [-0.1, -0.05) is 43.3 Å². The molecular formula is C25H23NO4. The molecule has 0 fully saturated rings. The highest BCUT2D eigenvalue weighted by molar-refractivity contribution is 5.84. The van der Waals surface area contributed by atoms with E-state index in [0.717, 1.165) is 33.7 Å². The Morgan fingerprint density at radius 2 is 1.83 bits per heavy atom. The van der Waals surface area contributed by atoms with E-state index in [2.05, 4.69) is 29.6 Å². The van der Waals surface area contributed by atoms with Crippen LogP contribution in [0.15, 0.2) is 75.9 Å². The van der Waals surface area contributed by atoms with Crippen molar-refractivity contribution in [2.24, 2.45) is 0 Å². The summed E-state index contributed by atoms with van der Waals surface area (Å²) in [7, 11) is 0.